The molecule has 1 saturated heterocycles. The van der Waals surface area contributed by atoms with Crippen LogP contribution in [-0.2, 0) is 0 Å². The van der Waals surface area contributed by atoms with E-state index in [1.807, 2.05) is 6.20 Å². The molecule has 1 fully saturated rings. The normalized spacial score (nSPS) is 24.0. The molecule has 1 atom stereocenters. The highest BCUT2D eigenvalue weighted by molar-refractivity contribution is 5.80. The van der Waals surface area contributed by atoms with Crippen LogP contribution >= 0.6 is 0 Å². The minimum atomic E-state index is 0.163. The maximum atomic E-state index is 3.69. The number of hydrogen-bond acceptors (Lipinski definition) is 2. The molecule has 1 aliphatic heterocycles. The number of rotatable bonds is 1. The Morgan fingerprint density at radius 3 is 2.94 bits per heavy atom. The Bertz CT molecular complexity index is 527. The lowest BCUT2D eigenvalue weighted by molar-refractivity contribution is 0.264. The third kappa shape index (κ3) is 2.08. The fourth-order valence-electron chi connectivity index (χ4n) is 2.59. The quantitative estimate of drug-likeness (QED) is 0.701. The number of piperazine rings is 1. The Kier molecular flexibility index (Phi) is 2.45. The molecule has 0 bridgehead atoms. The van der Waals surface area contributed by atoms with Crippen LogP contribution in [-0.4, -0.2) is 23.6 Å². The first kappa shape index (κ1) is 10.8. The third-order valence-corrected chi connectivity index (χ3v) is 3.46. The van der Waals surface area contributed by atoms with E-state index in [1.165, 1.54) is 16.5 Å². The monoisotopic (exact) mass is 229 g/mol. The van der Waals surface area contributed by atoms with Crippen LogP contribution in [0.3, 0.4) is 0 Å². The van der Waals surface area contributed by atoms with Crippen molar-refractivity contribution < 1.29 is 0 Å². The molecule has 0 saturated carbocycles. The molecule has 1 unspecified atom stereocenters. The van der Waals surface area contributed by atoms with Gasteiger partial charge in [-0.25, -0.2) is 0 Å². The van der Waals surface area contributed by atoms with Crippen molar-refractivity contribution in [1.82, 2.24) is 15.6 Å². The van der Waals surface area contributed by atoms with E-state index < -0.39 is 0 Å². The maximum absolute atomic E-state index is 3.69. The first-order chi connectivity index (χ1) is 8.14. The molecular formula is C14H19N3. The van der Waals surface area contributed by atoms with Crippen LogP contribution in [0.5, 0.6) is 0 Å². The summed E-state index contributed by atoms with van der Waals surface area (Å²) in [5.41, 5.74) is 2.73. The van der Waals surface area contributed by atoms with Gasteiger partial charge in [-0.15, -0.1) is 0 Å². The Morgan fingerprint density at radius 1 is 1.24 bits per heavy atom. The number of aromatic amines is 1. The van der Waals surface area contributed by atoms with Gasteiger partial charge in [0.1, 0.15) is 0 Å². The van der Waals surface area contributed by atoms with Gasteiger partial charge in [0.25, 0.3) is 0 Å². The molecule has 3 N–H and O–H groups in total. The van der Waals surface area contributed by atoms with Gasteiger partial charge in [0.2, 0.25) is 0 Å². The largest absolute Gasteiger partial charge is 0.361 e. The van der Waals surface area contributed by atoms with Crippen LogP contribution in [0.4, 0.5) is 0 Å². The number of nitrogens with one attached hydrogen (secondary N) is 3. The van der Waals surface area contributed by atoms with Crippen LogP contribution in [0.25, 0.3) is 10.9 Å². The van der Waals surface area contributed by atoms with Crippen LogP contribution in [0.15, 0.2) is 30.5 Å². The van der Waals surface area contributed by atoms with Crippen LogP contribution in [0, 0.1) is 0 Å². The number of hydrogen-bond donors (Lipinski definition) is 3. The summed E-state index contributed by atoms with van der Waals surface area (Å²) in [5, 5.41) is 8.47. The average molecular weight is 229 g/mol. The first-order valence-corrected chi connectivity index (χ1v) is 6.19. The van der Waals surface area contributed by atoms with Crippen LogP contribution in [0.1, 0.15) is 25.5 Å². The number of benzene rings is 1. The molecule has 3 nitrogen and oxygen atoms in total. The summed E-state index contributed by atoms with van der Waals surface area (Å²) in [6, 6.07) is 9.17. The highest BCUT2D eigenvalue weighted by Crippen LogP contribution is 2.23. The molecule has 1 aliphatic rings. The zero-order valence-electron chi connectivity index (χ0n) is 10.4. The number of fused-ring (bicyclic) bond motifs is 1. The fraction of sp³-hybridized carbons (Fsp3) is 0.429. The second-order valence-electron chi connectivity index (χ2n) is 5.54. The molecule has 17 heavy (non-hydrogen) atoms. The van der Waals surface area contributed by atoms with Gasteiger partial charge < -0.3 is 15.6 Å². The van der Waals surface area contributed by atoms with Gasteiger partial charge in [0.05, 0.1) is 0 Å². The molecule has 0 radical (unpaired) electrons. The van der Waals surface area contributed by atoms with Gasteiger partial charge in [-0.2, -0.15) is 0 Å². The summed E-state index contributed by atoms with van der Waals surface area (Å²) in [5.74, 6) is 0. The average Bonchev–Trinajstić information content (AvgIpc) is 2.74. The van der Waals surface area contributed by atoms with Crippen LogP contribution < -0.4 is 10.6 Å². The highest BCUT2D eigenvalue weighted by atomic mass is 15.1. The molecule has 3 rings (SSSR count). The highest BCUT2D eigenvalue weighted by Gasteiger charge is 2.27. The molecule has 1 aromatic carbocycles. The van der Waals surface area contributed by atoms with Crippen molar-refractivity contribution >= 4 is 10.9 Å². The summed E-state index contributed by atoms with van der Waals surface area (Å²) < 4.78 is 0. The molecule has 2 heterocycles. The molecular weight excluding hydrogens is 210 g/mol. The predicted molar refractivity (Wildman–Crippen MR) is 71.1 cm³/mol. The summed E-state index contributed by atoms with van der Waals surface area (Å²) in [6.07, 6.45) is 1.99. The summed E-state index contributed by atoms with van der Waals surface area (Å²) in [6.45, 7) is 6.50. The number of aromatic nitrogens is 1. The van der Waals surface area contributed by atoms with Crippen molar-refractivity contribution in [2.75, 3.05) is 13.1 Å². The Labute approximate surface area is 102 Å². The SMILES string of the molecule is CC1(C)CNCC(c2ccc3[nH]ccc3c2)N1. The summed E-state index contributed by atoms with van der Waals surface area (Å²) in [7, 11) is 0. The third-order valence-electron chi connectivity index (χ3n) is 3.46. The van der Waals surface area contributed by atoms with E-state index in [1.54, 1.807) is 0 Å². The zero-order valence-corrected chi connectivity index (χ0v) is 10.4. The van der Waals surface area contributed by atoms with Gasteiger partial charge in [-0.1, -0.05) is 6.07 Å². The fourth-order valence-corrected chi connectivity index (χ4v) is 2.59. The lowest BCUT2D eigenvalue weighted by Crippen LogP contribution is -2.56. The smallest absolute Gasteiger partial charge is 0.0454 e. The molecule has 1 aromatic heterocycles. The molecule has 0 amide bonds. The van der Waals surface area contributed by atoms with E-state index in [4.69, 9.17) is 0 Å². The second-order valence-corrected chi connectivity index (χ2v) is 5.54. The van der Waals surface area contributed by atoms with Crippen molar-refractivity contribution in [3.05, 3.63) is 36.0 Å². The van der Waals surface area contributed by atoms with Crippen molar-refractivity contribution in [2.24, 2.45) is 0 Å². The van der Waals surface area contributed by atoms with E-state index in [0.717, 1.165) is 13.1 Å². The first-order valence-electron chi connectivity index (χ1n) is 6.19. The maximum Gasteiger partial charge on any atom is 0.0454 e. The van der Waals surface area contributed by atoms with Gasteiger partial charge >= 0.3 is 0 Å². The van der Waals surface area contributed by atoms with Gasteiger partial charge in [-0.05, 0) is 43.0 Å². The van der Waals surface area contributed by atoms with Crippen molar-refractivity contribution in [2.45, 2.75) is 25.4 Å². The molecule has 0 aliphatic carbocycles. The Hall–Kier alpha value is -1.32. The summed E-state index contributed by atoms with van der Waals surface area (Å²) in [4.78, 5) is 3.23. The zero-order chi connectivity index (χ0) is 11.9. The topological polar surface area (TPSA) is 39.9 Å². The van der Waals surface area contributed by atoms with E-state index >= 15 is 0 Å². The molecule has 2 aromatic rings. The Balaban J connectivity index is 1.92. The lowest BCUT2D eigenvalue weighted by atomic mass is 9.96. The van der Waals surface area contributed by atoms with E-state index in [-0.39, 0.29) is 5.54 Å². The van der Waals surface area contributed by atoms with Crippen molar-refractivity contribution in [3.63, 3.8) is 0 Å². The standard InChI is InChI=1S/C14H19N3/c1-14(2)9-15-8-13(17-14)10-3-4-12-11(7-10)5-6-16-12/h3-7,13,15-17H,8-9H2,1-2H3. The van der Waals surface area contributed by atoms with Crippen molar-refractivity contribution in [3.8, 4) is 0 Å². The van der Waals surface area contributed by atoms with E-state index in [0.29, 0.717) is 6.04 Å². The second kappa shape index (κ2) is 3.86. The van der Waals surface area contributed by atoms with Crippen LogP contribution in [0.2, 0.25) is 0 Å². The number of H-pyrrole nitrogens is 1. The lowest BCUT2D eigenvalue weighted by Gasteiger charge is -2.38. The molecule has 90 valence electrons. The molecule has 3 heteroatoms. The van der Waals surface area contributed by atoms with Gasteiger partial charge in [-0.3, -0.25) is 0 Å². The van der Waals surface area contributed by atoms with E-state index in [9.17, 15) is 0 Å². The Morgan fingerprint density at radius 2 is 2.12 bits per heavy atom. The minimum Gasteiger partial charge on any atom is -0.361 e. The van der Waals surface area contributed by atoms with Crippen molar-refractivity contribution in [1.29, 1.82) is 0 Å². The van der Waals surface area contributed by atoms with Gasteiger partial charge in [0.15, 0.2) is 0 Å². The van der Waals surface area contributed by atoms with E-state index in [2.05, 4.69) is 53.7 Å². The predicted octanol–water partition coefficient (Wildman–Crippen LogP) is 2.18. The minimum absolute atomic E-state index is 0.163. The van der Waals surface area contributed by atoms with Gasteiger partial charge in [0, 0.05) is 36.4 Å². The summed E-state index contributed by atoms with van der Waals surface area (Å²) >= 11 is 0. The molecule has 0 spiro atoms.